The Labute approximate surface area is 94.3 Å². The van der Waals surface area contributed by atoms with Crippen molar-refractivity contribution < 1.29 is 17.9 Å². The van der Waals surface area contributed by atoms with Crippen LogP contribution < -0.4 is 15.4 Å². The first-order valence-electron chi connectivity index (χ1n) is 4.27. The minimum atomic E-state index is -4.73. The molecule has 0 fully saturated rings. The molecule has 0 aromatic heterocycles. The van der Waals surface area contributed by atoms with E-state index in [9.17, 15) is 13.2 Å². The third-order valence-electron chi connectivity index (χ3n) is 1.54. The highest BCUT2D eigenvalue weighted by atomic mass is 19.4. The minimum Gasteiger partial charge on any atom is -0.406 e. The van der Waals surface area contributed by atoms with Crippen molar-refractivity contribution in [2.75, 3.05) is 5.32 Å². The molecular formula is C9H7F3N4O. The summed E-state index contributed by atoms with van der Waals surface area (Å²) in [6.45, 7) is 0. The molecule has 0 aliphatic rings. The predicted molar refractivity (Wildman–Crippen MR) is 53.2 cm³/mol. The van der Waals surface area contributed by atoms with Gasteiger partial charge in [-0.25, -0.2) is 0 Å². The largest absolute Gasteiger partial charge is 0.573 e. The number of hydrogen-bond donors (Lipinski definition) is 3. The van der Waals surface area contributed by atoms with Gasteiger partial charge in [-0.1, -0.05) is 0 Å². The molecule has 8 heteroatoms. The Morgan fingerprint density at radius 1 is 1.29 bits per heavy atom. The third kappa shape index (κ3) is 4.74. The first-order chi connectivity index (χ1) is 7.90. The number of halogens is 3. The molecule has 0 aliphatic heterocycles. The van der Waals surface area contributed by atoms with Crippen LogP contribution in [0.1, 0.15) is 0 Å². The molecule has 3 N–H and O–H groups in total. The van der Waals surface area contributed by atoms with E-state index in [0.717, 1.165) is 12.1 Å². The fourth-order valence-corrected chi connectivity index (χ4v) is 0.971. The monoisotopic (exact) mass is 244 g/mol. The second kappa shape index (κ2) is 5.07. The number of hydrogen-bond acceptors (Lipinski definition) is 3. The summed E-state index contributed by atoms with van der Waals surface area (Å²) in [5, 5.41) is 19.8. The van der Waals surface area contributed by atoms with Gasteiger partial charge in [0.1, 0.15) is 5.75 Å². The average molecular weight is 244 g/mol. The number of nitrogens with zero attached hydrogens (tertiary/aromatic N) is 1. The first-order valence-corrected chi connectivity index (χ1v) is 4.27. The lowest BCUT2D eigenvalue weighted by atomic mass is 10.3. The van der Waals surface area contributed by atoms with Gasteiger partial charge < -0.3 is 10.1 Å². The number of benzene rings is 1. The van der Waals surface area contributed by atoms with Gasteiger partial charge in [0.05, 0.1) is 0 Å². The van der Waals surface area contributed by atoms with Crippen LogP contribution in [0.4, 0.5) is 18.9 Å². The Hall–Kier alpha value is -2.43. The zero-order chi connectivity index (χ0) is 12.9. The van der Waals surface area contributed by atoms with Gasteiger partial charge in [-0.05, 0) is 24.3 Å². The van der Waals surface area contributed by atoms with Crippen molar-refractivity contribution in [2.24, 2.45) is 0 Å². The van der Waals surface area contributed by atoms with Crippen molar-refractivity contribution in [1.82, 2.24) is 5.32 Å². The molecule has 1 rings (SSSR count). The molecule has 0 bridgehead atoms. The third-order valence-corrected chi connectivity index (χ3v) is 1.54. The number of nitriles is 1. The van der Waals surface area contributed by atoms with Gasteiger partial charge in [-0.3, -0.25) is 10.7 Å². The summed E-state index contributed by atoms with van der Waals surface area (Å²) in [5.74, 6) is -0.639. The lowest BCUT2D eigenvalue weighted by Gasteiger charge is -2.10. The maximum Gasteiger partial charge on any atom is 0.573 e. The van der Waals surface area contributed by atoms with Crippen molar-refractivity contribution in [3.63, 3.8) is 0 Å². The summed E-state index contributed by atoms with van der Waals surface area (Å²) in [4.78, 5) is 0. The highest BCUT2D eigenvalue weighted by molar-refractivity contribution is 5.92. The molecule has 0 radical (unpaired) electrons. The van der Waals surface area contributed by atoms with Gasteiger partial charge in [-0.15, -0.1) is 13.2 Å². The molecule has 0 spiro atoms. The SMILES string of the molecule is N#CNC(=N)Nc1ccc(OC(F)(F)F)cc1. The maximum atomic E-state index is 11.8. The van der Waals surface area contributed by atoms with E-state index in [1.165, 1.54) is 18.3 Å². The van der Waals surface area contributed by atoms with Crippen molar-refractivity contribution in [1.29, 1.82) is 10.7 Å². The summed E-state index contributed by atoms with van der Waals surface area (Å²) in [7, 11) is 0. The standard InChI is InChI=1S/C9H7F3N4O/c10-9(11,12)17-7-3-1-6(2-4-7)16-8(14)15-5-13/h1-4H,(H3,14,15,16). The second-order valence-electron chi connectivity index (χ2n) is 2.81. The number of rotatable bonds is 2. The first kappa shape index (κ1) is 12.6. The van der Waals surface area contributed by atoms with Crippen LogP contribution in [-0.2, 0) is 0 Å². The molecule has 17 heavy (non-hydrogen) atoms. The molecule has 0 unspecified atom stereocenters. The van der Waals surface area contributed by atoms with Gasteiger partial charge in [-0.2, -0.15) is 5.26 Å². The van der Waals surface area contributed by atoms with Crippen LogP contribution in [0, 0.1) is 16.9 Å². The van der Waals surface area contributed by atoms with Crippen LogP contribution in [0.25, 0.3) is 0 Å². The van der Waals surface area contributed by atoms with E-state index in [1.54, 1.807) is 0 Å². The minimum absolute atomic E-state index is 0.281. The highest BCUT2D eigenvalue weighted by Gasteiger charge is 2.30. The van der Waals surface area contributed by atoms with Crippen LogP contribution in [-0.4, -0.2) is 12.3 Å². The predicted octanol–water partition coefficient (Wildman–Crippen LogP) is 2.00. The molecule has 90 valence electrons. The summed E-state index contributed by atoms with van der Waals surface area (Å²) < 4.78 is 39.2. The molecule has 0 aliphatic carbocycles. The lowest BCUT2D eigenvalue weighted by molar-refractivity contribution is -0.274. The van der Waals surface area contributed by atoms with Crippen LogP contribution in [0.2, 0.25) is 0 Å². The molecule has 1 aromatic rings. The van der Waals surface area contributed by atoms with E-state index < -0.39 is 6.36 Å². The fraction of sp³-hybridized carbons (Fsp3) is 0.111. The summed E-state index contributed by atoms with van der Waals surface area (Å²) in [6, 6.07) is 4.76. The topological polar surface area (TPSA) is 80.9 Å². The van der Waals surface area contributed by atoms with E-state index in [2.05, 4.69) is 10.1 Å². The summed E-state index contributed by atoms with van der Waals surface area (Å²) >= 11 is 0. The smallest absolute Gasteiger partial charge is 0.406 e. The van der Waals surface area contributed by atoms with Crippen molar-refractivity contribution >= 4 is 11.6 Å². The van der Waals surface area contributed by atoms with Gasteiger partial charge in [0.25, 0.3) is 0 Å². The Morgan fingerprint density at radius 3 is 2.35 bits per heavy atom. The van der Waals surface area contributed by atoms with Crippen LogP contribution >= 0.6 is 0 Å². The van der Waals surface area contributed by atoms with Crippen LogP contribution in [0.15, 0.2) is 24.3 Å². The molecule has 0 saturated heterocycles. The van der Waals surface area contributed by atoms with E-state index in [-0.39, 0.29) is 11.7 Å². The Balaban J connectivity index is 2.63. The van der Waals surface area contributed by atoms with Crippen molar-refractivity contribution in [3.8, 4) is 11.9 Å². The molecule has 1 aromatic carbocycles. The summed E-state index contributed by atoms with van der Waals surface area (Å²) in [5.41, 5.74) is 0.354. The van der Waals surface area contributed by atoms with E-state index in [4.69, 9.17) is 10.7 Å². The van der Waals surface area contributed by atoms with Crippen molar-refractivity contribution in [2.45, 2.75) is 6.36 Å². The van der Waals surface area contributed by atoms with E-state index in [1.807, 2.05) is 5.32 Å². The highest BCUT2D eigenvalue weighted by Crippen LogP contribution is 2.23. The second-order valence-corrected chi connectivity index (χ2v) is 2.81. The molecule has 0 atom stereocenters. The van der Waals surface area contributed by atoms with Crippen molar-refractivity contribution in [3.05, 3.63) is 24.3 Å². The molecule has 5 nitrogen and oxygen atoms in total. The van der Waals surface area contributed by atoms with Crippen LogP contribution in [0.5, 0.6) is 5.75 Å². The Kier molecular flexibility index (Phi) is 3.77. The molecule has 0 amide bonds. The normalized spacial score (nSPS) is 10.2. The molecular weight excluding hydrogens is 237 g/mol. The van der Waals surface area contributed by atoms with Gasteiger partial charge in [0.2, 0.25) is 5.96 Å². The van der Waals surface area contributed by atoms with Gasteiger partial charge in [0.15, 0.2) is 6.19 Å². The number of nitrogens with one attached hydrogen (secondary N) is 3. The number of anilines is 1. The Bertz CT molecular complexity index is 435. The quantitative estimate of drug-likeness (QED) is 0.321. The number of ether oxygens (including phenoxy) is 1. The fourth-order valence-electron chi connectivity index (χ4n) is 0.971. The van der Waals surface area contributed by atoms with Gasteiger partial charge in [0, 0.05) is 5.69 Å². The zero-order valence-corrected chi connectivity index (χ0v) is 8.30. The summed E-state index contributed by atoms with van der Waals surface area (Å²) in [6.07, 6.45) is -3.21. The maximum absolute atomic E-state index is 11.8. The number of alkyl halides is 3. The Morgan fingerprint density at radius 2 is 1.88 bits per heavy atom. The lowest BCUT2D eigenvalue weighted by Crippen LogP contribution is -2.25. The van der Waals surface area contributed by atoms with E-state index in [0.29, 0.717) is 5.69 Å². The molecule has 0 heterocycles. The number of guanidine groups is 1. The van der Waals surface area contributed by atoms with E-state index >= 15 is 0 Å². The van der Waals surface area contributed by atoms with Gasteiger partial charge >= 0.3 is 6.36 Å². The average Bonchev–Trinajstić information content (AvgIpc) is 2.19. The molecule has 0 saturated carbocycles. The zero-order valence-electron chi connectivity index (χ0n) is 8.30. The van der Waals surface area contributed by atoms with Crippen LogP contribution in [0.3, 0.4) is 0 Å².